The number of hydrogen-bond acceptors (Lipinski definition) is 18. The first-order valence-corrected chi connectivity index (χ1v) is 34.7. The Balaban J connectivity index is 1.89. The van der Waals surface area contributed by atoms with Crippen LogP contribution in [0.25, 0.3) is 0 Å². The lowest BCUT2D eigenvalue weighted by Gasteiger charge is -2.41. The van der Waals surface area contributed by atoms with Gasteiger partial charge in [-0.1, -0.05) is 98.5 Å². The topological polar surface area (TPSA) is 329 Å². The van der Waals surface area contributed by atoms with Gasteiger partial charge in [0.2, 0.25) is 35.4 Å². The van der Waals surface area contributed by atoms with Gasteiger partial charge >= 0.3 is 11.9 Å². The number of aliphatic carboxylic acids is 2. The summed E-state index contributed by atoms with van der Waals surface area (Å²) in [5.74, 6) is -8.45. The van der Waals surface area contributed by atoms with Gasteiger partial charge in [0, 0.05) is 105 Å². The van der Waals surface area contributed by atoms with Gasteiger partial charge in [0.15, 0.2) is 11.6 Å². The second-order valence-electron chi connectivity index (χ2n) is 25.3. The predicted molar refractivity (Wildman–Crippen MR) is 360 cm³/mol. The molecule has 1 aromatic carbocycles. The van der Waals surface area contributed by atoms with Crippen molar-refractivity contribution in [1.82, 2.24) is 30.7 Å². The molecule has 1 fully saturated rings. The van der Waals surface area contributed by atoms with Crippen LogP contribution < -0.4 is 16.0 Å². The highest BCUT2D eigenvalue weighted by molar-refractivity contribution is 8.00. The molecule has 0 aromatic heterocycles. The second kappa shape index (κ2) is 47.1. The molecule has 5 N–H and O–H groups in total. The zero-order chi connectivity index (χ0) is 71.9. The van der Waals surface area contributed by atoms with E-state index in [-0.39, 0.29) is 149 Å². The second-order valence-corrected chi connectivity index (χ2v) is 26.5. The fraction of sp³-hybridized carbons (Fsp3) is 0.754. The Morgan fingerprint density at radius 2 is 1.32 bits per heavy atom. The summed E-state index contributed by atoms with van der Waals surface area (Å²) in [6, 6.07) is 6.27. The average molecular weight is 1370 g/mol. The number of thioether (sulfide) groups is 1. The van der Waals surface area contributed by atoms with Crippen molar-refractivity contribution < 1.29 is 92.7 Å². The van der Waals surface area contributed by atoms with Crippen LogP contribution in [0.3, 0.4) is 0 Å². The molecule has 95 heavy (non-hydrogen) atoms. The molecule has 0 radical (unpaired) electrons. The van der Waals surface area contributed by atoms with Crippen LogP contribution in [0, 0.1) is 35.5 Å². The normalized spacial score (nSPS) is 16.5. The number of ketones is 3. The number of likely N-dealkylation sites (tertiary alicyclic amines) is 1. The first-order chi connectivity index (χ1) is 45.6. The lowest BCUT2D eigenvalue weighted by atomic mass is 9.83. The molecule has 0 bridgehead atoms. The van der Waals surface area contributed by atoms with E-state index in [1.54, 1.807) is 30.8 Å². The molecule has 0 spiro atoms. The van der Waals surface area contributed by atoms with Crippen LogP contribution in [0.4, 0.5) is 0 Å². The van der Waals surface area contributed by atoms with E-state index < -0.39 is 83.1 Å². The van der Waals surface area contributed by atoms with E-state index in [2.05, 4.69) is 16.0 Å². The highest BCUT2D eigenvalue weighted by atomic mass is 32.2. The fourth-order valence-electron chi connectivity index (χ4n) is 11.8. The van der Waals surface area contributed by atoms with Gasteiger partial charge in [-0.2, -0.15) is 0 Å². The van der Waals surface area contributed by atoms with Crippen LogP contribution in [-0.4, -0.2) is 238 Å². The van der Waals surface area contributed by atoms with Crippen LogP contribution in [0.2, 0.25) is 0 Å². The highest BCUT2D eigenvalue weighted by Crippen LogP contribution is 2.32. The van der Waals surface area contributed by atoms with Gasteiger partial charge in [0.25, 0.3) is 0 Å². The number of carbonyl (C=O) groups excluding carboxylic acids is 9. The molecular formula is C69H114N6O19S. The summed E-state index contributed by atoms with van der Waals surface area (Å²) in [6.07, 6.45) is 1.48. The lowest BCUT2D eigenvalue weighted by molar-refractivity contribution is -0.150. The number of hydrogen-bond donors (Lipinski definition) is 5. The number of carboxylic acids is 2. The summed E-state index contributed by atoms with van der Waals surface area (Å²) >= 11 is 0.866. The fourth-order valence-corrected chi connectivity index (χ4v) is 12.9. The number of nitrogens with one attached hydrogen (secondary N) is 3. The Hall–Kier alpha value is -5.90. The van der Waals surface area contributed by atoms with Gasteiger partial charge in [-0.3, -0.25) is 52.7 Å². The zero-order valence-corrected chi connectivity index (χ0v) is 59.4. The van der Waals surface area contributed by atoms with Gasteiger partial charge in [0.05, 0.1) is 102 Å². The molecule has 1 aromatic rings. The van der Waals surface area contributed by atoms with Crippen molar-refractivity contribution in [2.24, 2.45) is 35.5 Å². The first kappa shape index (κ1) is 83.3. The van der Waals surface area contributed by atoms with Crippen LogP contribution in [0.5, 0.6) is 0 Å². The average Bonchev–Trinajstić information content (AvgIpc) is 1.44. The van der Waals surface area contributed by atoms with Gasteiger partial charge in [-0.05, 0) is 62.3 Å². The summed E-state index contributed by atoms with van der Waals surface area (Å²) < 4.78 is 40.8. The monoisotopic (exact) mass is 1360 g/mol. The van der Waals surface area contributed by atoms with E-state index >= 15 is 0 Å². The summed E-state index contributed by atoms with van der Waals surface area (Å²) in [7, 11) is 6.26. The number of rotatable bonds is 53. The van der Waals surface area contributed by atoms with Gasteiger partial charge in [-0.25, -0.2) is 0 Å². The van der Waals surface area contributed by atoms with Crippen molar-refractivity contribution in [2.75, 3.05) is 107 Å². The van der Waals surface area contributed by atoms with E-state index in [1.807, 2.05) is 71.9 Å². The molecule has 2 rings (SSSR count). The molecule has 540 valence electrons. The quantitative estimate of drug-likeness (QED) is 0.0479. The number of methoxy groups -OCH3 is 2. The Bertz CT molecular complexity index is 2550. The Morgan fingerprint density at radius 1 is 0.695 bits per heavy atom. The molecule has 1 aliphatic rings. The number of ether oxygens (including phenoxy) is 6. The maximum absolute atomic E-state index is 14.8. The molecule has 6 amide bonds. The number of nitrogens with zero attached hydrogens (tertiary/aromatic N) is 3. The minimum absolute atomic E-state index is 0.0399. The van der Waals surface area contributed by atoms with Crippen molar-refractivity contribution in [3.8, 4) is 0 Å². The third-order valence-corrected chi connectivity index (χ3v) is 18.8. The van der Waals surface area contributed by atoms with Crippen molar-refractivity contribution in [3.05, 3.63) is 35.9 Å². The molecule has 1 aliphatic heterocycles. The maximum atomic E-state index is 14.8. The summed E-state index contributed by atoms with van der Waals surface area (Å²) in [6.45, 7) is 17.6. The van der Waals surface area contributed by atoms with Gasteiger partial charge < -0.3 is 69.3 Å². The predicted octanol–water partition coefficient (Wildman–Crippen LogP) is 5.83. The largest absolute Gasteiger partial charge is 0.481 e. The van der Waals surface area contributed by atoms with Crippen molar-refractivity contribution >= 4 is 76.5 Å². The molecular weight excluding hydrogens is 1250 g/mol. The molecule has 26 heteroatoms. The van der Waals surface area contributed by atoms with E-state index in [0.29, 0.717) is 84.6 Å². The van der Waals surface area contributed by atoms with E-state index in [0.717, 1.165) is 17.3 Å². The van der Waals surface area contributed by atoms with Crippen LogP contribution in [0.15, 0.2) is 30.3 Å². The minimum Gasteiger partial charge on any atom is -0.481 e. The van der Waals surface area contributed by atoms with Crippen LogP contribution in [-0.2, 0) is 87.6 Å². The van der Waals surface area contributed by atoms with E-state index in [4.69, 9.17) is 29.8 Å². The Labute approximate surface area is 569 Å². The third-order valence-electron chi connectivity index (χ3n) is 17.5. The molecule has 1 heterocycles. The van der Waals surface area contributed by atoms with Gasteiger partial charge in [-0.15, -0.1) is 11.8 Å². The molecule has 25 nitrogen and oxygen atoms in total. The summed E-state index contributed by atoms with van der Waals surface area (Å²) in [4.78, 5) is 150. The number of likely N-dealkylation sites (N-methyl/N-ethyl adjacent to an activating group) is 2. The Kier molecular flexibility index (Phi) is 41.3. The number of carbonyl (C=O) groups is 11. The SMILES string of the molecule is [3H]CCC(=O)NCCOCCOCCOCCOCCC(=O)NC(CSC(CC(=O)NCCCCCC(=O)N(C)[C@H](C(=O)C[C@H](C(=O)N(C)C([C@@H](C)CC)[C@@H](CC(=O)N1CCC[C@H]1[C@H](OC)[C@@H](C)C(=O)C[C@@H](Cc1ccccc1)C(=O)O)OC)C(C)C)C(C)C)C(=O)O)C(C)=O. The van der Waals surface area contributed by atoms with Crippen molar-refractivity contribution in [1.29, 1.82) is 0 Å². The molecule has 0 aliphatic carbocycles. The molecule has 3 unspecified atom stereocenters. The maximum Gasteiger partial charge on any atom is 0.317 e. The molecule has 11 atom stereocenters. The van der Waals surface area contributed by atoms with E-state index in [9.17, 15) is 63.0 Å². The number of benzene rings is 1. The van der Waals surface area contributed by atoms with Crippen LogP contribution in [0.1, 0.15) is 153 Å². The summed E-state index contributed by atoms with van der Waals surface area (Å²) in [5.41, 5.74) is 0.810. The smallest absolute Gasteiger partial charge is 0.317 e. The summed E-state index contributed by atoms with van der Waals surface area (Å²) in [5, 5.41) is 26.8. The zero-order valence-electron chi connectivity index (χ0n) is 59.6. The number of amides is 6. The lowest BCUT2D eigenvalue weighted by Crippen LogP contribution is -2.54. The van der Waals surface area contributed by atoms with Crippen LogP contribution >= 0.6 is 11.8 Å². The number of carboxylic acid groups (broad SMARTS) is 2. The number of Topliss-reactive ketones (excluding diaryl/α,β-unsaturated/α-hetero) is 3. The first-order valence-electron chi connectivity index (χ1n) is 34.3. The molecule has 1 saturated heterocycles. The Morgan fingerprint density at radius 3 is 1.87 bits per heavy atom. The van der Waals surface area contributed by atoms with E-state index in [1.165, 1.54) is 26.0 Å². The van der Waals surface area contributed by atoms with Crippen molar-refractivity contribution in [2.45, 2.75) is 194 Å². The van der Waals surface area contributed by atoms with Gasteiger partial charge in [0.1, 0.15) is 11.0 Å². The standard InChI is InChI=1S/C69H114N6O19S/c1-14-47(7)65(57(89-12)42-63(83)75-30-22-25-54(75)66(90-13)48(8)55(77)40-51(68(85)86)39-50-23-18-16-19-24-50)74(11)67(84)52(45(3)4)41-56(78)64(46(5)6)73(10)62(82)26-20-17-21-28-70-61(81)43-58(69(87)88)95-44-53(49(9)76)72-60(80)27-31-91-33-35-93-37-38-94-36-34-92-32-29-71-59(79)15-2/h16,18-19,23-24,45-48,51-54,57-58,64-66H,14-15,17,20-22,25-44H2,1-13H3,(H,70,81)(H,71,79)(H,72,80)(H,85,86)(H,87,88)/t47-,48-,51+,52-,53?,54-,57+,58?,64-,65?,66+/m0/s1/i2T. The molecule has 0 saturated carbocycles. The highest BCUT2D eigenvalue weighted by Gasteiger charge is 2.44. The number of unbranched alkanes of at least 4 members (excludes halogenated alkanes) is 2. The van der Waals surface area contributed by atoms with Crippen molar-refractivity contribution in [3.63, 3.8) is 0 Å². The minimum atomic E-state index is -1.26. The third kappa shape index (κ3) is 31.5.